The lowest BCUT2D eigenvalue weighted by molar-refractivity contribution is -0.116. The minimum absolute atomic E-state index is 0.00181. The first kappa shape index (κ1) is 15.1. The number of aromatic nitrogens is 4. The molecule has 1 saturated heterocycles. The van der Waals surface area contributed by atoms with Crippen LogP contribution in [-0.2, 0) is 18.3 Å². The maximum atomic E-state index is 12.0. The lowest BCUT2D eigenvalue weighted by Crippen LogP contribution is -2.44. The number of fused-ring (bicyclic) bond motifs is 3. The summed E-state index contributed by atoms with van der Waals surface area (Å²) in [4.78, 5) is 25.3. The molecule has 0 radical (unpaired) electrons. The molecule has 0 spiro atoms. The van der Waals surface area contributed by atoms with E-state index >= 15 is 0 Å². The van der Waals surface area contributed by atoms with Crippen molar-refractivity contribution >= 4 is 17.7 Å². The number of hydrogen-bond acceptors (Lipinski definition) is 6. The number of rotatable bonds is 1. The van der Waals surface area contributed by atoms with Crippen molar-refractivity contribution in [1.29, 1.82) is 0 Å². The standard InChI is InChI=1S/C16H21N7O/c1-11(24)23-6-3-12-9-18-16(22-7-4-17-5-8-22)19-14(12)13-10-21(2)20-15(13)23/h9-10,17H,3-8H2,1-2H3. The van der Waals surface area contributed by atoms with Crippen molar-refractivity contribution < 1.29 is 4.79 Å². The predicted molar refractivity (Wildman–Crippen MR) is 91.0 cm³/mol. The first-order chi connectivity index (χ1) is 11.6. The van der Waals surface area contributed by atoms with Crippen LogP contribution in [0, 0.1) is 0 Å². The van der Waals surface area contributed by atoms with Gasteiger partial charge in [-0.25, -0.2) is 9.97 Å². The van der Waals surface area contributed by atoms with E-state index in [4.69, 9.17) is 4.98 Å². The number of anilines is 2. The molecule has 0 bridgehead atoms. The average Bonchev–Trinajstić information content (AvgIpc) is 2.90. The summed E-state index contributed by atoms with van der Waals surface area (Å²) in [7, 11) is 1.87. The molecule has 1 N–H and O–H groups in total. The van der Waals surface area contributed by atoms with Crippen molar-refractivity contribution in [3.8, 4) is 11.3 Å². The van der Waals surface area contributed by atoms with Crippen molar-refractivity contribution in [2.75, 3.05) is 42.5 Å². The van der Waals surface area contributed by atoms with Gasteiger partial charge in [0.05, 0.1) is 11.3 Å². The van der Waals surface area contributed by atoms with Crippen LogP contribution in [0.15, 0.2) is 12.4 Å². The van der Waals surface area contributed by atoms with E-state index in [-0.39, 0.29) is 5.91 Å². The van der Waals surface area contributed by atoms with E-state index in [0.717, 1.165) is 55.4 Å². The van der Waals surface area contributed by atoms with E-state index in [2.05, 4.69) is 20.3 Å². The predicted octanol–water partition coefficient (Wildman–Crippen LogP) is 0.196. The Hall–Kier alpha value is -2.48. The zero-order valence-electron chi connectivity index (χ0n) is 14.0. The van der Waals surface area contributed by atoms with Crippen LogP contribution >= 0.6 is 0 Å². The van der Waals surface area contributed by atoms with Crippen LogP contribution in [0.5, 0.6) is 0 Å². The van der Waals surface area contributed by atoms with E-state index in [1.54, 1.807) is 16.5 Å². The van der Waals surface area contributed by atoms with Crippen molar-refractivity contribution in [1.82, 2.24) is 25.1 Å². The van der Waals surface area contributed by atoms with Crippen LogP contribution in [0.1, 0.15) is 12.5 Å². The molecule has 8 heteroatoms. The molecule has 2 aromatic rings. The molecule has 0 saturated carbocycles. The number of aryl methyl sites for hydroxylation is 1. The quantitative estimate of drug-likeness (QED) is 0.806. The lowest BCUT2D eigenvalue weighted by Gasteiger charge is -2.27. The number of nitrogens with one attached hydrogen (secondary N) is 1. The summed E-state index contributed by atoms with van der Waals surface area (Å²) in [5, 5.41) is 7.83. The number of piperazine rings is 1. The number of amides is 1. The van der Waals surface area contributed by atoms with Gasteiger partial charge in [-0.05, 0) is 12.0 Å². The first-order valence-corrected chi connectivity index (χ1v) is 8.27. The Bertz CT molecular complexity index is 779. The van der Waals surface area contributed by atoms with E-state index < -0.39 is 0 Å². The molecule has 0 unspecified atom stereocenters. The van der Waals surface area contributed by atoms with Gasteiger partial charge in [-0.1, -0.05) is 0 Å². The Morgan fingerprint density at radius 1 is 1.25 bits per heavy atom. The van der Waals surface area contributed by atoms with Gasteiger partial charge in [-0.15, -0.1) is 0 Å². The van der Waals surface area contributed by atoms with Crippen LogP contribution in [0.4, 0.5) is 11.8 Å². The molecule has 1 fully saturated rings. The Kier molecular flexibility index (Phi) is 3.68. The molecular formula is C16H21N7O. The molecule has 0 aromatic carbocycles. The van der Waals surface area contributed by atoms with Gasteiger partial charge in [0.25, 0.3) is 0 Å². The molecule has 4 heterocycles. The van der Waals surface area contributed by atoms with Crippen LogP contribution in [0.25, 0.3) is 11.3 Å². The Morgan fingerprint density at radius 2 is 2.04 bits per heavy atom. The van der Waals surface area contributed by atoms with E-state index in [9.17, 15) is 4.79 Å². The molecule has 8 nitrogen and oxygen atoms in total. The molecular weight excluding hydrogens is 306 g/mol. The minimum atomic E-state index is -0.00181. The summed E-state index contributed by atoms with van der Waals surface area (Å²) >= 11 is 0. The summed E-state index contributed by atoms with van der Waals surface area (Å²) in [6.07, 6.45) is 4.57. The second-order valence-corrected chi connectivity index (χ2v) is 6.24. The largest absolute Gasteiger partial charge is 0.338 e. The van der Waals surface area contributed by atoms with Gasteiger partial charge in [0, 0.05) is 59.1 Å². The maximum absolute atomic E-state index is 12.0. The summed E-state index contributed by atoms with van der Waals surface area (Å²) in [6.45, 7) is 5.86. The monoisotopic (exact) mass is 327 g/mol. The molecule has 126 valence electrons. The lowest BCUT2D eigenvalue weighted by atomic mass is 10.1. The SMILES string of the molecule is CC(=O)N1CCc2cnc(N3CCNCC3)nc2-c2cn(C)nc21. The van der Waals surface area contributed by atoms with Gasteiger partial charge in [0.1, 0.15) is 0 Å². The van der Waals surface area contributed by atoms with E-state index in [0.29, 0.717) is 12.4 Å². The topological polar surface area (TPSA) is 79.2 Å². The molecule has 0 atom stereocenters. The number of carbonyl (C=O) groups excluding carboxylic acids is 1. The fourth-order valence-corrected chi connectivity index (χ4v) is 3.32. The zero-order chi connectivity index (χ0) is 16.7. The molecule has 2 aliphatic rings. The highest BCUT2D eigenvalue weighted by Gasteiger charge is 2.27. The van der Waals surface area contributed by atoms with Crippen LogP contribution in [0.2, 0.25) is 0 Å². The smallest absolute Gasteiger partial charge is 0.225 e. The van der Waals surface area contributed by atoms with Gasteiger partial charge in [0.15, 0.2) is 5.82 Å². The molecule has 2 aliphatic heterocycles. The van der Waals surface area contributed by atoms with Crippen molar-refractivity contribution in [3.63, 3.8) is 0 Å². The minimum Gasteiger partial charge on any atom is -0.338 e. The van der Waals surface area contributed by atoms with Gasteiger partial charge >= 0.3 is 0 Å². The highest BCUT2D eigenvalue weighted by Crippen LogP contribution is 2.34. The number of nitrogens with zero attached hydrogens (tertiary/aromatic N) is 6. The number of carbonyl (C=O) groups is 1. The fourth-order valence-electron chi connectivity index (χ4n) is 3.32. The van der Waals surface area contributed by atoms with Crippen molar-refractivity contribution in [3.05, 3.63) is 18.0 Å². The first-order valence-electron chi connectivity index (χ1n) is 8.27. The zero-order valence-corrected chi connectivity index (χ0v) is 14.0. The molecule has 0 aliphatic carbocycles. The van der Waals surface area contributed by atoms with E-state index in [1.807, 2.05) is 19.4 Å². The molecule has 2 aromatic heterocycles. The Morgan fingerprint density at radius 3 is 2.79 bits per heavy atom. The highest BCUT2D eigenvalue weighted by molar-refractivity contribution is 5.95. The highest BCUT2D eigenvalue weighted by atomic mass is 16.2. The second kappa shape index (κ2) is 5.86. The summed E-state index contributed by atoms with van der Waals surface area (Å²) in [6, 6.07) is 0. The van der Waals surface area contributed by atoms with Gasteiger partial charge < -0.3 is 10.2 Å². The summed E-state index contributed by atoms with van der Waals surface area (Å²) < 4.78 is 1.74. The normalized spacial score (nSPS) is 17.2. The molecule has 4 rings (SSSR count). The van der Waals surface area contributed by atoms with Crippen LogP contribution < -0.4 is 15.1 Å². The Labute approximate surface area is 140 Å². The van der Waals surface area contributed by atoms with Crippen molar-refractivity contribution in [2.45, 2.75) is 13.3 Å². The van der Waals surface area contributed by atoms with E-state index in [1.165, 1.54) is 0 Å². The average molecular weight is 327 g/mol. The molecule has 1 amide bonds. The van der Waals surface area contributed by atoms with Crippen molar-refractivity contribution in [2.24, 2.45) is 7.05 Å². The van der Waals surface area contributed by atoms with Crippen LogP contribution in [-0.4, -0.2) is 58.4 Å². The third-order valence-corrected chi connectivity index (χ3v) is 4.56. The third kappa shape index (κ3) is 2.52. The van der Waals surface area contributed by atoms with Gasteiger partial charge in [-0.2, -0.15) is 5.10 Å². The van der Waals surface area contributed by atoms with Gasteiger partial charge in [-0.3, -0.25) is 14.4 Å². The number of hydrogen-bond donors (Lipinski definition) is 1. The third-order valence-electron chi connectivity index (χ3n) is 4.56. The maximum Gasteiger partial charge on any atom is 0.225 e. The molecule has 24 heavy (non-hydrogen) atoms. The second-order valence-electron chi connectivity index (χ2n) is 6.24. The van der Waals surface area contributed by atoms with Gasteiger partial charge in [0.2, 0.25) is 11.9 Å². The van der Waals surface area contributed by atoms with Crippen LogP contribution in [0.3, 0.4) is 0 Å². The fraction of sp³-hybridized carbons (Fsp3) is 0.500. The summed E-state index contributed by atoms with van der Waals surface area (Å²) in [5.41, 5.74) is 2.86. The summed E-state index contributed by atoms with van der Waals surface area (Å²) in [5.74, 6) is 1.44. The Balaban J connectivity index is 1.80.